The van der Waals surface area contributed by atoms with E-state index in [-0.39, 0.29) is 12.0 Å². The number of hydrogen-bond donors (Lipinski definition) is 2. The highest BCUT2D eigenvalue weighted by Crippen LogP contribution is 2.36. The molecule has 0 aliphatic heterocycles. The van der Waals surface area contributed by atoms with Crippen molar-refractivity contribution in [1.29, 1.82) is 1.43 Å². The van der Waals surface area contributed by atoms with Crippen LogP contribution >= 0.6 is 0 Å². The molecular formula is C22H38O4. The van der Waals surface area contributed by atoms with Gasteiger partial charge in [-0.1, -0.05) is 45.1 Å². The predicted molar refractivity (Wildman–Crippen MR) is 105 cm³/mol. The van der Waals surface area contributed by atoms with Gasteiger partial charge in [-0.3, -0.25) is 4.79 Å². The molecule has 0 aromatic carbocycles. The van der Waals surface area contributed by atoms with Crippen molar-refractivity contribution in [2.24, 2.45) is 11.8 Å². The molecule has 2 N–H and O–H groups in total. The standard InChI is InChI=1S/C22H38O4/c1-3-4-6-12-19(23)13-9-11-18-15-16-21(24)20(18)14-8-5-7-10-17(2)22(25)26/h10,18-20,23H,3-9,11-16H2,1-2H3,(H,25,26)/t18-,19?,20+/m0/s1/i/hD. The molecule has 0 amide bonds. The van der Waals surface area contributed by atoms with Crippen LogP contribution in [0.4, 0.5) is 0 Å². The average Bonchev–Trinajstić information content (AvgIpc) is 3.00. The Balaban J connectivity index is 2.24. The molecule has 0 radical (unpaired) electrons. The minimum Gasteiger partial charge on any atom is -0.478 e. The monoisotopic (exact) mass is 367 g/mol. The molecule has 150 valence electrons. The fraction of sp³-hybridized carbons (Fsp3) is 0.818. The largest absolute Gasteiger partial charge is 0.478 e. The first-order chi connectivity index (χ1) is 13.0. The molecular weight excluding hydrogens is 328 g/mol. The molecule has 0 bridgehead atoms. The number of unbranched alkanes of at least 4 members (excludes halogenated alkanes) is 4. The van der Waals surface area contributed by atoms with Crippen LogP contribution in [0.3, 0.4) is 0 Å². The van der Waals surface area contributed by atoms with Gasteiger partial charge in [-0.25, -0.2) is 4.79 Å². The van der Waals surface area contributed by atoms with E-state index in [1.54, 1.807) is 6.92 Å². The summed E-state index contributed by atoms with van der Waals surface area (Å²) < 4.78 is 6.59. The third-order valence-corrected chi connectivity index (χ3v) is 5.74. The van der Waals surface area contributed by atoms with Crippen LogP contribution in [0.2, 0.25) is 0 Å². The van der Waals surface area contributed by atoms with Crippen LogP contribution in [0.25, 0.3) is 1.43 Å². The molecule has 3 atom stereocenters. The Morgan fingerprint density at radius 2 is 2.00 bits per heavy atom. The molecule has 1 unspecified atom stereocenters. The predicted octanol–water partition coefficient (Wildman–Crippen LogP) is 5.28. The zero-order valence-electron chi connectivity index (χ0n) is 17.7. The first kappa shape index (κ1) is 21.1. The fourth-order valence-corrected chi connectivity index (χ4v) is 4.02. The van der Waals surface area contributed by atoms with Gasteiger partial charge >= 0.3 is 5.97 Å². The lowest BCUT2D eigenvalue weighted by Gasteiger charge is -2.19. The molecule has 1 fully saturated rings. The molecule has 1 aliphatic carbocycles. The average molecular weight is 368 g/mol. The molecule has 4 nitrogen and oxygen atoms in total. The molecule has 1 aliphatic rings. The van der Waals surface area contributed by atoms with E-state index < -0.39 is 5.97 Å². The number of hydrogen-bond acceptors (Lipinski definition) is 4. The summed E-state index contributed by atoms with van der Waals surface area (Å²) in [5.41, 5.74) is 0.470. The van der Waals surface area contributed by atoms with E-state index in [9.17, 15) is 14.7 Å². The minimum atomic E-state index is -0.599. The Morgan fingerprint density at radius 3 is 2.73 bits per heavy atom. The second-order valence-electron chi connectivity index (χ2n) is 7.91. The summed E-state index contributed by atoms with van der Waals surface area (Å²) in [4.78, 5) is 23.4. The van der Waals surface area contributed by atoms with Crippen LogP contribution in [0, 0.1) is 11.8 Å². The van der Waals surface area contributed by atoms with Gasteiger partial charge in [0.05, 0.1) is 6.10 Å². The first-order valence-electron chi connectivity index (χ1n) is 10.9. The molecule has 0 spiro atoms. The number of aliphatic carboxylic acids is 1. The third-order valence-electron chi connectivity index (χ3n) is 5.74. The Hall–Kier alpha value is -1.16. The fourth-order valence-electron chi connectivity index (χ4n) is 4.02. The van der Waals surface area contributed by atoms with Crippen molar-refractivity contribution in [2.45, 2.75) is 103 Å². The van der Waals surface area contributed by atoms with Gasteiger partial charge in [-0.15, -0.1) is 0 Å². The number of aliphatic hydroxyl groups is 1. The van der Waals surface area contributed by atoms with Gasteiger partial charge in [0.2, 0.25) is 0 Å². The van der Waals surface area contributed by atoms with Crippen molar-refractivity contribution in [3.8, 4) is 0 Å². The van der Waals surface area contributed by atoms with Crippen molar-refractivity contribution in [2.75, 3.05) is 0 Å². The van der Waals surface area contributed by atoms with Gasteiger partial charge < -0.3 is 10.2 Å². The Labute approximate surface area is 160 Å². The lowest BCUT2D eigenvalue weighted by atomic mass is 9.86. The maximum Gasteiger partial charge on any atom is 0.330 e. The Kier molecular flexibility index (Phi) is 10.6. The van der Waals surface area contributed by atoms with Crippen LogP contribution in [0.1, 0.15) is 97.3 Å². The van der Waals surface area contributed by atoms with E-state index in [1.807, 2.05) is 6.08 Å². The SMILES string of the molecule is [2H]OC(=O)C(C)=CCCCC[C@H]1C(=O)CC[C@@H]1CCCC(O)CCCCC. The molecule has 4 heteroatoms. The van der Waals surface area contributed by atoms with Gasteiger partial charge in [0.15, 0.2) is 0 Å². The Morgan fingerprint density at radius 1 is 1.23 bits per heavy atom. The van der Waals surface area contributed by atoms with Crippen LogP contribution < -0.4 is 0 Å². The minimum absolute atomic E-state index is 0.183. The topological polar surface area (TPSA) is 74.6 Å². The molecule has 1 rings (SSSR count). The van der Waals surface area contributed by atoms with Crippen molar-refractivity contribution in [3.63, 3.8) is 0 Å². The maximum atomic E-state index is 12.2. The van der Waals surface area contributed by atoms with E-state index in [0.29, 0.717) is 23.7 Å². The lowest BCUT2D eigenvalue weighted by Crippen LogP contribution is -2.16. The molecule has 1 saturated carbocycles. The number of carbonyl (C=O) groups is 2. The smallest absolute Gasteiger partial charge is 0.330 e. The number of carboxylic acids is 1. The molecule has 0 aromatic rings. The van der Waals surface area contributed by atoms with Crippen molar-refractivity contribution >= 4 is 11.8 Å². The highest BCUT2D eigenvalue weighted by molar-refractivity contribution is 5.85. The summed E-state index contributed by atoms with van der Waals surface area (Å²) in [6.45, 7) is 3.83. The number of carbonyl (C=O) groups excluding carboxylic acids is 1. The van der Waals surface area contributed by atoms with Gasteiger partial charge in [-0.2, -0.15) is 0 Å². The zero-order chi connectivity index (χ0) is 20.1. The van der Waals surface area contributed by atoms with Crippen molar-refractivity contribution in [3.05, 3.63) is 11.6 Å². The quantitative estimate of drug-likeness (QED) is 0.323. The van der Waals surface area contributed by atoms with Gasteiger partial charge in [0.1, 0.15) is 5.78 Å². The van der Waals surface area contributed by atoms with Crippen LogP contribution in [0.5, 0.6) is 0 Å². The van der Waals surface area contributed by atoms with Gasteiger partial charge in [0, 0.05) is 17.9 Å². The number of carboxylic acid groups (broad SMARTS) is 1. The summed E-state index contributed by atoms with van der Waals surface area (Å²) >= 11 is 0. The summed E-state index contributed by atoms with van der Waals surface area (Å²) in [6, 6.07) is 0. The van der Waals surface area contributed by atoms with Crippen LogP contribution in [-0.2, 0) is 9.59 Å². The van der Waals surface area contributed by atoms with E-state index in [4.69, 9.17) is 1.43 Å². The number of aliphatic hydroxyl groups excluding tert-OH is 1. The summed E-state index contributed by atoms with van der Waals surface area (Å²) in [7, 11) is 0. The lowest BCUT2D eigenvalue weighted by molar-refractivity contribution is -0.132. The highest BCUT2D eigenvalue weighted by Gasteiger charge is 2.33. The molecule has 26 heavy (non-hydrogen) atoms. The van der Waals surface area contributed by atoms with E-state index in [2.05, 4.69) is 12.0 Å². The van der Waals surface area contributed by atoms with Crippen LogP contribution in [0.15, 0.2) is 11.6 Å². The molecule has 0 saturated heterocycles. The van der Waals surface area contributed by atoms with Crippen molar-refractivity contribution in [1.82, 2.24) is 0 Å². The second kappa shape index (κ2) is 13.1. The third kappa shape index (κ3) is 8.98. The van der Waals surface area contributed by atoms with Crippen LogP contribution in [-0.4, -0.2) is 28.1 Å². The van der Waals surface area contributed by atoms with E-state index >= 15 is 0 Å². The normalized spacial score (nSPS) is 22.3. The number of Topliss-reactive ketones (excluding diaryl/α,β-unsaturated/α-hetero) is 1. The van der Waals surface area contributed by atoms with Crippen molar-refractivity contribution < 1.29 is 19.8 Å². The summed E-state index contributed by atoms with van der Waals surface area (Å²) in [5, 5.41) is 14.0. The Bertz CT molecular complexity index is 475. The number of ketones is 1. The molecule has 0 aromatic heterocycles. The maximum absolute atomic E-state index is 12.2. The first-order valence-corrected chi connectivity index (χ1v) is 10.5. The second-order valence-corrected chi connectivity index (χ2v) is 7.91. The summed E-state index contributed by atoms with van der Waals surface area (Å²) in [6.07, 6.45) is 14.3. The van der Waals surface area contributed by atoms with Gasteiger partial charge in [-0.05, 0) is 57.8 Å². The van der Waals surface area contributed by atoms with E-state index in [0.717, 1.165) is 64.2 Å². The number of allylic oxidation sites excluding steroid dienone is 1. The molecule has 0 heterocycles. The van der Waals surface area contributed by atoms with E-state index in [1.165, 1.54) is 12.8 Å². The summed E-state index contributed by atoms with van der Waals surface area (Å²) in [5.74, 6) is 0.479. The highest BCUT2D eigenvalue weighted by atomic mass is 16.4. The zero-order valence-corrected chi connectivity index (χ0v) is 16.7. The van der Waals surface area contributed by atoms with Gasteiger partial charge in [0.25, 0.3) is 1.43 Å². The number of rotatable bonds is 14.